The van der Waals surface area contributed by atoms with Gasteiger partial charge in [-0.3, -0.25) is 0 Å². The number of pyridine rings is 1. The third kappa shape index (κ3) is 3.35. The molecule has 2 heterocycles. The number of ether oxygens (including phenoxy) is 1. The molecule has 0 fully saturated rings. The number of phenols is 1. The quantitative estimate of drug-likeness (QED) is 0.414. The van der Waals surface area contributed by atoms with Crippen LogP contribution >= 0.6 is 11.5 Å². The van der Waals surface area contributed by atoms with Crippen molar-refractivity contribution in [3.63, 3.8) is 0 Å². The molecule has 24 heavy (non-hydrogen) atoms. The van der Waals surface area contributed by atoms with Crippen molar-refractivity contribution in [3.8, 4) is 5.75 Å². The molecule has 0 aliphatic heterocycles. The predicted molar refractivity (Wildman–Crippen MR) is 89.4 cm³/mol. The Hall–Kier alpha value is -2.94. The van der Waals surface area contributed by atoms with Gasteiger partial charge < -0.3 is 9.84 Å². The van der Waals surface area contributed by atoms with Crippen LogP contribution in [0.3, 0.4) is 0 Å². The molecule has 0 radical (unpaired) electrons. The first kappa shape index (κ1) is 15.9. The average molecular weight is 345 g/mol. The van der Waals surface area contributed by atoms with Crippen molar-refractivity contribution in [3.05, 3.63) is 36.3 Å². The molecule has 1 N–H and O–H groups in total. The number of hydrogen-bond acceptors (Lipinski definition) is 8. The number of aromatic nitrogens is 2. The standard InChI is InChI=1S/C15H12FN5O2S/c1-2-23-8-18-11-7-13(22)10(16)6-12(11)19-20-15-9-4-3-5-17-14(9)21-24-15/h3-8,22H,2H2,1H3. The van der Waals surface area contributed by atoms with Crippen molar-refractivity contribution in [2.75, 3.05) is 6.61 Å². The molecular formula is C15H12FN5O2S. The zero-order chi connectivity index (χ0) is 16.9. The van der Waals surface area contributed by atoms with Gasteiger partial charge in [0.2, 0.25) is 0 Å². The van der Waals surface area contributed by atoms with E-state index in [9.17, 15) is 9.50 Å². The van der Waals surface area contributed by atoms with Gasteiger partial charge in [-0.15, -0.1) is 10.2 Å². The number of nitrogens with zero attached hydrogens (tertiary/aromatic N) is 5. The number of benzene rings is 1. The van der Waals surface area contributed by atoms with E-state index in [0.29, 0.717) is 17.3 Å². The summed E-state index contributed by atoms with van der Waals surface area (Å²) in [6.07, 6.45) is 2.84. The first-order chi connectivity index (χ1) is 11.7. The maximum atomic E-state index is 13.6. The van der Waals surface area contributed by atoms with Crippen LogP contribution in [0.25, 0.3) is 11.0 Å². The molecule has 122 valence electrons. The summed E-state index contributed by atoms with van der Waals surface area (Å²) in [4.78, 5) is 8.12. The second kappa shape index (κ2) is 7.09. The number of aromatic hydroxyl groups is 1. The molecule has 1 aromatic carbocycles. The lowest BCUT2D eigenvalue weighted by Gasteiger charge is -2.02. The van der Waals surface area contributed by atoms with E-state index in [4.69, 9.17) is 4.74 Å². The van der Waals surface area contributed by atoms with Gasteiger partial charge in [-0.25, -0.2) is 14.4 Å². The summed E-state index contributed by atoms with van der Waals surface area (Å²) in [5.41, 5.74) is 0.965. The largest absolute Gasteiger partial charge is 0.505 e. The molecule has 0 aliphatic rings. The Morgan fingerprint density at radius 2 is 2.21 bits per heavy atom. The van der Waals surface area contributed by atoms with Crippen LogP contribution in [0.15, 0.2) is 45.7 Å². The number of hydrogen-bond donors (Lipinski definition) is 1. The molecule has 3 rings (SSSR count). The molecular weight excluding hydrogens is 333 g/mol. The Balaban J connectivity index is 1.97. The lowest BCUT2D eigenvalue weighted by Crippen LogP contribution is -1.84. The van der Waals surface area contributed by atoms with Gasteiger partial charge in [0.1, 0.15) is 5.69 Å². The number of aliphatic imine (C=N–C) groups is 1. The van der Waals surface area contributed by atoms with E-state index in [1.165, 1.54) is 6.40 Å². The highest BCUT2D eigenvalue weighted by atomic mass is 32.1. The summed E-state index contributed by atoms with van der Waals surface area (Å²) in [5.74, 6) is -1.33. The highest BCUT2D eigenvalue weighted by molar-refractivity contribution is 7.11. The highest BCUT2D eigenvalue weighted by Gasteiger charge is 2.10. The van der Waals surface area contributed by atoms with Gasteiger partial charge in [0.05, 0.1) is 17.7 Å². The van der Waals surface area contributed by atoms with Gasteiger partial charge in [-0.1, -0.05) is 0 Å². The Bertz CT molecular complexity index is 925. The summed E-state index contributed by atoms with van der Waals surface area (Å²) in [6.45, 7) is 2.24. The minimum Gasteiger partial charge on any atom is -0.505 e. The molecule has 7 nitrogen and oxygen atoms in total. The van der Waals surface area contributed by atoms with Gasteiger partial charge in [0.25, 0.3) is 0 Å². The summed E-state index contributed by atoms with van der Waals surface area (Å²) < 4.78 is 22.8. The third-order valence-corrected chi connectivity index (χ3v) is 3.70. The topological polar surface area (TPSA) is 92.3 Å². The Morgan fingerprint density at radius 3 is 3.04 bits per heavy atom. The van der Waals surface area contributed by atoms with E-state index in [0.717, 1.165) is 29.1 Å². The molecule has 0 unspecified atom stereocenters. The van der Waals surface area contributed by atoms with Crippen LogP contribution in [0, 0.1) is 5.82 Å². The molecule has 0 atom stereocenters. The van der Waals surface area contributed by atoms with Crippen molar-refractivity contribution in [1.82, 2.24) is 9.36 Å². The van der Waals surface area contributed by atoms with Gasteiger partial charge >= 0.3 is 0 Å². The van der Waals surface area contributed by atoms with E-state index in [1.807, 2.05) is 6.07 Å². The normalized spacial score (nSPS) is 11.8. The van der Waals surface area contributed by atoms with Gasteiger partial charge in [0.15, 0.2) is 28.6 Å². The molecule has 3 aromatic rings. The zero-order valence-corrected chi connectivity index (χ0v) is 13.4. The third-order valence-electron chi connectivity index (χ3n) is 2.96. The lowest BCUT2D eigenvalue weighted by molar-refractivity contribution is 0.344. The van der Waals surface area contributed by atoms with Gasteiger partial charge in [0, 0.05) is 18.3 Å². The molecule has 0 saturated heterocycles. The number of fused-ring (bicyclic) bond motifs is 1. The van der Waals surface area contributed by atoms with Crippen molar-refractivity contribution >= 4 is 45.3 Å². The fourth-order valence-corrected chi connectivity index (χ4v) is 2.49. The SMILES string of the molecule is CCOC=Nc1cc(O)c(F)cc1N=Nc1snc2ncccc12. The number of halogens is 1. The number of rotatable bonds is 5. The van der Waals surface area contributed by atoms with Gasteiger partial charge in [-0.2, -0.15) is 4.37 Å². The first-order valence-corrected chi connectivity index (χ1v) is 7.75. The van der Waals surface area contributed by atoms with Crippen molar-refractivity contribution in [2.45, 2.75) is 6.92 Å². The molecule has 0 saturated carbocycles. The number of phenolic OH excluding ortho intramolecular Hbond substituents is 1. The lowest BCUT2D eigenvalue weighted by atomic mass is 10.2. The molecule has 0 aliphatic carbocycles. The fourth-order valence-electron chi connectivity index (χ4n) is 1.84. The smallest absolute Gasteiger partial charge is 0.175 e. The maximum Gasteiger partial charge on any atom is 0.175 e. The second-order valence-corrected chi connectivity index (χ2v) is 5.30. The Morgan fingerprint density at radius 1 is 1.33 bits per heavy atom. The van der Waals surface area contributed by atoms with Gasteiger partial charge in [-0.05, 0) is 30.6 Å². The second-order valence-electron chi connectivity index (χ2n) is 4.54. The summed E-state index contributed by atoms with van der Waals surface area (Å²) in [7, 11) is 0. The van der Waals surface area contributed by atoms with Crippen molar-refractivity contribution in [2.24, 2.45) is 15.2 Å². The van der Waals surface area contributed by atoms with E-state index in [2.05, 4.69) is 24.6 Å². The molecule has 2 aromatic heterocycles. The monoisotopic (exact) mass is 345 g/mol. The number of azo groups is 1. The van der Waals surface area contributed by atoms with Crippen LogP contribution in [-0.4, -0.2) is 27.5 Å². The minimum atomic E-state index is -0.810. The van der Waals surface area contributed by atoms with E-state index < -0.39 is 11.6 Å². The van der Waals surface area contributed by atoms with Crippen LogP contribution in [0.4, 0.5) is 20.8 Å². The highest BCUT2D eigenvalue weighted by Crippen LogP contribution is 2.36. The van der Waals surface area contributed by atoms with Crippen molar-refractivity contribution in [1.29, 1.82) is 0 Å². The van der Waals surface area contributed by atoms with Crippen LogP contribution in [0.1, 0.15) is 6.92 Å². The van der Waals surface area contributed by atoms with Crippen molar-refractivity contribution < 1.29 is 14.2 Å². The Kier molecular flexibility index (Phi) is 4.71. The average Bonchev–Trinajstić information content (AvgIpc) is 3.00. The first-order valence-electron chi connectivity index (χ1n) is 6.98. The van der Waals surface area contributed by atoms with Crippen LogP contribution in [-0.2, 0) is 4.74 Å². The zero-order valence-electron chi connectivity index (χ0n) is 12.5. The van der Waals surface area contributed by atoms with Crippen LogP contribution < -0.4 is 0 Å². The predicted octanol–water partition coefficient (Wildman–Crippen LogP) is 4.65. The molecule has 0 bridgehead atoms. The molecule has 0 spiro atoms. The maximum absolute atomic E-state index is 13.6. The van der Waals surface area contributed by atoms with E-state index in [-0.39, 0.29) is 11.4 Å². The Labute approximate surface area is 140 Å². The van der Waals surface area contributed by atoms with Crippen LogP contribution in [0.2, 0.25) is 0 Å². The molecule has 9 heteroatoms. The molecule has 0 amide bonds. The van der Waals surface area contributed by atoms with Crippen LogP contribution in [0.5, 0.6) is 5.75 Å². The minimum absolute atomic E-state index is 0.159. The summed E-state index contributed by atoms with van der Waals surface area (Å²) >= 11 is 1.14. The van der Waals surface area contributed by atoms with E-state index in [1.54, 1.807) is 19.2 Å². The fraction of sp³-hybridized carbons (Fsp3) is 0.133. The van der Waals surface area contributed by atoms with E-state index >= 15 is 0 Å². The summed E-state index contributed by atoms with van der Waals surface area (Å²) in [6, 6.07) is 5.81. The summed E-state index contributed by atoms with van der Waals surface area (Å²) in [5, 5.41) is 18.9.